The highest BCUT2D eigenvalue weighted by Gasteiger charge is 2.33. The number of nitrogens with zero attached hydrogens (tertiary/aromatic N) is 1. The van der Waals surface area contributed by atoms with Crippen LogP contribution in [0.3, 0.4) is 0 Å². The minimum atomic E-state index is -0.977. The zero-order chi connectivity index (χ0) is 12.8. The molecule has 0 aliphatic heterocycles. The quantitative estimate of drug-likeness (QED) is 0.664. The SMILES string of the molecule is C=CCN(C(=O)NC(CCC)C(=O)O)C1CC1. The molecule has 1 rings (SSSR count). The Balaban J connectivity index is 2.54. The zero-order valence-corrected chi connectivity index (χ0v) is 10.2. The van der Waals surface area contributed by atoms with Gasteiger partial charge in [-0.15, -0.1) is 6.58 Å². The molecule has 0 spiro atoms. The van der Waals surface area contributed by atoms with Gasteiger partial charge < -0.3 is 15.3 Å². The topological polar surface area (TPSA) is 69.6 Å². The maximum absolute atomic E-state index is 11.9. The van der Waals surface area contributed by atoms with E-state index in [2.05, 4.69) is 11.9 Å². The molecule has 17 heavy (non-hydrogen) atoms. The molecule has 5 heteroatoms. The van der Waals surface area contributed by atoms with Gasteiger partial charge in [0.15, 0.2) is 0 Å². The number of hydrogen-bond donors (Lipinski definition) is 2. The van der Waals surface area contributed by atoms with Crippen LogP contribution in [-0.4, -0.2) is 40.6 Å². The molecule has 1 aliphatic rings. The largest absolute Gasteiger partial charge is 0.480 e. The van der Waals surface area contributed by atoms with E-state index in [9.17, 15) is 9.59 Å². The highest BCUT2D eigenvalue weighted by atomic mass is 16.4. The Kier molecular flexibility index (Phi) is 5.00. The van der Waals surface area contributed by atoms with Crippen LogP contribution in [-0.2, 0) is 4.79 Å². The predicted octanol–water partition coefficient (Wildman–Crippen LogP) is 1.60. The third-order valence-corrected chi connectivity index (χ3v) is 2.75. The van der Waals surface area contributed by atoms with Gasteiger partial charge in [0.2, 0.25) is 0 Å². The molecule has 0 aromatic rings. The molecule has 1 fully saturated rings. The zero-order valence-electron chi connectivity index (χ0n) is 10.2. The summed E-state index contributed by atoms with van der Waals surface area (Å²) >= 11 is 0. The van der Waals surface area contributed by atoms with E-state index < -0.39 is 12.0 Å². The second-order valence-electron chi connectivity index (χ2n) is 4.30. The Morgan fingerprint density at radius 2 is 2.24 bits per heavy atom. The number of rotatable bonds is 7. The number of aliphatic carboxylic acids is 1. The molecule has 0 aromatic carbocycles. The van der Waals surface area contributed by atoms with Gasteiger partial charge in [-0.2, -0.15) is 0 Å². The molecule has 1 saturated carbocycles. The van der Waals surface area contributed by atoms with Gasteiger partial charge in [-0.05, 0) is 19.3 Å². The standard InChI is InChI=1S/C12H20N2O3/c1-3-5-10(11(15)16)13-12(17)14(8-4-2)9-6-7-9/h4,9-10H,2-3,5-8H2,1H3,(H,13,17)(H,15,16). The summed E-state index contributed by atoms with van der Waals surface area (Å²) in [5, 5.41) is 11.5. The predicted molar refractivity (Wildman–Crippen MR) is 64.8 cm³/mol. The van der Waals surface area contributed by atoms with Crippen molar-refractivity contribution in [2.45, 2.75) is 44.7 Å². The van der Waals surface area contributed by atoms with Crippen LogP contribution in [0.25, 0.3) is 0 Å². The monoisotopic (exact) mass is 240 g/mol. The van der Waals surface area contributed by atoms with E-state index in [1.807, 2.05) is 6.92 Å². The number of hydrogen-bond acceptors (Lipinski definition) is 2. The summed E-state index contributed by atoms with van der Waals surface area (Å²) in [5.41, 5.74) is 0. The van der Waals surface area contributed by atoms with Crippen molar-refractivity contribution in [3.8, 4) is 0 Å². The molecule has 2 N–H and O–H groups in total. The van der Waals surface area contributed by atoms with Gasteiger partial charge in [-0.1, -0.05) is 19.4 Å². The van der Waals surface area contributed by atoms with Crippen LogP contribution in [0.1, 0.15) is 32.6 Å². The number of carboxylic acids is 1. The van der Waals surface area contributed by atoms with Crippen molar-refractivity contribution < 1.29 is 14.7 Å². The van der Waals surface area contributed by atoms with Gasteiger partial charge in [-0.25, -0.2) is 9.59 Å². The van der Waals surface area contributed by atoms with Gasteiger partial charge in [0.25, 0.3) is 0 Å². The lowest BCUT2D eigenvalue weighted by atomic mass is 10.2. The van der Waals surface area contributed by atoms with E-state index in [-0.39, 0.29) is 12.1 Å². The maximum Gasteiger partial charge on any atom is 0.326 e. The lowest BCUT2D eigenvalue weighted by Gasteiger charge is -2.23. The first-order valence-electron chi connectivity index (χ1n) is 6.01. The minimum absolute atomic E-state index is 0.254. The lowest BCUT2D eigenvalue weighted by Crippen LogP contribution is -2.48. The molecule has 0 aromatic heterocycles. The maximum atomic E-state index is 11.9. The summed E-state index contributed by atoms with van der Waals surface area (Å²) in [5.74, 6) is -0.977. The van der Waals surface area contributed by atoms with E-state index in [0.29, 0.717) is 13.0 Å². The van der Waals surface area contributed by atoms with Crippen LogP contribution in [0, 0.1) is 0 Å². The van der Waals surface area contributed by atoms with Crippen molar-refractivity contribution in [3.63, 3.8) is 0 Å². The summed E-state index contributed by atoms with van der Waals surface area (Å²) in [4.78, 5) is 24.5. The smallest absolute Gasteiger partial charge is 0.326 e. The number of nitrogens with one attached hydrogen (secondary N) is 1. The molecule has 1 unspecified atom stereocenters. The number of carbonyl (C=O) groups excluding carboxylic acids is 1. The Hall–Kier alpha value is -1.52. The second kappa shape index (κ2) is 6.27. The molecule has 0 radical (unpaired) electrons. The Morgan fingerprint density at radius 1 is 1.59 bits per heavy atom. The number of carboxylic acid groups (broad SMARTS) is 1. The third-order valence-electron chi connectivity index (χ3n) is 2.75. The minimum Gasteiger partial charge on any atom is -0.480 e. The van der Waals surface area contributed by atoms with Crippen LogP contribution >= 0.6 is 0 Å². The molecule has 2 amide bonds. The molecule has 0 heterocycles. The van der Waals surface area contributed by atoms with Crippen molar-refractivity contribution in [2.24, 2.45) is 0 Å². The molecule has 1 atom stereocenters. The number of carbonyl (C=O) groups is 2. The van der Waals surface area contributed by atoms with Gasteiger partial charge >= 0.3 is 12.0 Å². The molecule has 96 valence electrons. The van der Waals surface area contributed by atoms with Crippen LogP contribution in [0.2, 0.25) is 0 Å². The average Bonchev–Trinajstić information content (AvgIpc) is 3.08. The Bertz CT molecular complexity index is 300. The van der Waals surface area contributed by atoms with Gasteiger partial charge in [0.05, 0.1) is 0 Å². The summed E-state index contributed by atoms with van der Waals surface area (Å²) < 4.78 is 0. The Labute approximate surface area is 101 Å². The number of urea groups is 1. The van der Waals surface area contributed by atoms with E-state index in [4.69, 9.17) is 5.11 Å². The van der Waals surface area contributed by atoms with Crippen LogP contribution in [0.4, 0.5) is 4.79 Å². The molecule has 0 saturated heterocycles. The van der Waals surface area contributed by atoms with E-state index in [1.165, 1.54) is 0 Å². The fourth-order valence-electron chi connectivity index (χ4n) is 1.70. The number of amides is 2. The fourth-order valence-corrected chi connectivity index (χ4v) is 1.70. The highest BCUT2D eigenvalue weighted by Crippen LogP contribution is 2.26. The molecule has 1 aliphatic carbocycles. The molecular weight excluding hydrogens is 220 g/mol. The summed E-state index contributed by atoms with van der Waals surface area (Å²) in [6.07, 6.45) is 4.82. The van der Waals surface area contributed by atoms with E-state index in [1.54, 1.807) is 11.0 Å². The molecular formula is C12H20N2O3. The van der Waals surface area contributed by atoms with Gasteiger partial charge in [0.1, 0.15) is 6.04 Å². The molecule has 0 bridgehead atoms. The van der Waals surface area contributed by atoms with Crippen molar-refractivity contribution in [1.82, 2.24) is 10.2 Å². The molecule has 5 nitrogen and oxygen atoms in total. The van der Waals surface area contributed by atoms with Crippen molar-refractivity contribution in [1.29, 1.82) is 0 Å². The summed E-state index contributed by atoms with van der Waals surface area (Å²) in [6.45, 7) is 5.97. The summed E-state index contributed by atoms with van der Waals surface area (Å²) in [7, 11) is 0. The highest BCUT2D eigenvalue weighted by molar-refractivity contribution is 5.82. The van der Waals surface area contributed by atoms with Crippen LogP contribution in [0.15, 0.2) is 12.7 Å². The first kappa shape index (κ1) is 13.5. The van der Waals surface area contributed by atoms with E-state index >= 15 is 0 Å². The third kappa shape index (κ3) is 4.09. The Morgan fingerprint density at radius 3 is 2.65 bits per heavy atom. The first-order chi connectivity index (χ1) is 8.10. The average molecular weight is 240 g/mol. The summed E-state index contributed by atoms with van der Waals surface area (Å²) in [6, 6.07) is -0.837. The fraction of sp³-hybridized carbons (Fsp3) is 0.667. The van der Waals surface area contributed by atoms with Gasteiger partial charge in [-0.3, -0.25) is 0 Å². The lowest BCUT2D eigenvalue weighted by molar-refractivity contribution is -0.139. The van der Waals surface area contributed by atoms with Gasteiger partial charge in [0, 0.05) is 12.6 Å². The first-order valence-corrected chi connectivity index (χ1v) is 6.01. The van der Waals surface area contributed by atoms with Crippen molar-refractivity contribution in [3.05, 3.63) is 12.7 Å². The van der Waals surface area contributed by atoms with Crippen LogP contribution in [0.5, 0.6) is 0 Å². The second-order valence-corrected chi connectivity index (χ2v) is 4.30. The van der Waals surface area contributed by atoms with Crippen LogP contribution < -0.4 is 5.32 Å². The van der Waals surface area contributed by atoms with Crippen molar-refractivity contribution >= 4 is 12.0 Å². The van der Waals surface area contributed by atoms with Crippen molar-refractivity contribution in [2.75, 3.05) is 6.54 Å². The van der Waals surface area contributed by atoms with E-state index in [0.717, 1.165) is 19.3 Å². The normalized spacial score (nSPS) is 16.1.